The lowest BCUT2D eigenvalue weighted by Crippen LogP contribution is -2.12. The summed E-state index contributed by atoms with van der Waals surface area (Å²) in [5, 5.41) is 4.38. The average Bonchev–Trinajstić information content (AvgIpc) is 2.81. The van der Waals surface area contributed by atoms with E-state index in [1.54, 1.807) is 28.8 Å². The van der Waals surface area contributed by atoms with Gasteiger partial charge in [0.05, 0.1) is 5.69 Å². The number of hydrogen-bond donors (Lipinski definition) is 2. The first kappa shape index (κ1) is 11.6. The van der Waals surface area contributed by atoms with Crippen LogP contribution in [0.25, 0.3) is 16.9 Å². The van der Waals surface area contributed by atoms with Gasteiger partial charge in [-0.25, -0.2) is 15.2 Å². The van der Waals surface area contributed by atoms with Crippen LogP contribution in [0.2, 0.25) is 0 Å². The van der Waals surface area contributed by atoms with Crippen molar-refractivity contribution in [2.45, 2.75) is 6.92 Å². The number of aryl methyl sites for hydroxylation is 1. The van der Waals surface area contributed by atoms with Crippen molar-refractivity contribution in [3.63, 3.8) is 0 Å². The first-order valence-corrected chi connectivity index (χ1v) is 5.77. The van der Waals surface area contributed by atoms with E-state index in [9.17, 15) is 4.39 Å². The second-order valence-corrected chi connectivity index (χ2v) is 4.24. The van der Waals surface area contributed by atoms with Gasteiger partial charge in [-0.1, -0.05) is 12.1 Å². The Morgan fingerprint density at radius 2 is 2.11 bits per heavy atom. The number of halogens is 1. The number of anilines is 1. The van der Waals surface area contributed by atoms with Gasteiger partial charge >= 0.3 is 0 Å². The highest BCUT2D eigenvalue weighted by atomic mass is 19.1. The van der Waals surface area contributed by atoms with E-state index < -0.39 is 0 Å². The maximum absolute atomic E-state index is 13.2. The zero-order valence-electron chi connectivity index (χ0n) is 10.3. The fourth-order valence-electron chi connectivity index (χ4n) is 1.99. The number of nitrogens with two attached hydrogens (primary N) is 1. The van der Waals surface area contributed by atoms with Crippen LogP contribution in [0.5, 0.6) is 0 Å². The Kier molecular flexibility index (Phi) is 2.64. The van der Waals surface area contributed by atoms with Gasteiger partial charge in [0.25, 0.3) is 0 Å². The molecule has 0 aliphatic carbocycles. The SMILES string of the molecule is Cc1cc(NN)n2nc(-c3cccc(F)c3)cc2n1. The molecule has 0 saturated carbocycles. The van der Waals surface area contributed by atoms with Crippen molar-refractivity contribution in [1.82, 2.24) is 14.6 Å². The van der Waals surface area contributed by atoms with E-state index in [0.717, 1.165) is 5.69 Å². The van der Waals surface area contributed by atoms with Crippen LogP contribution in [-0.2, 0) is 0 Å². The highest BCUT2D eigenvalue weighted by molar-refractivity contribution is 5.65. The minimum Gasteiger partial charge on any atom is -0.308 e. The van der Waals surface area contributed by atoms with Crippen LogP contribution in [0.15, 0.2) is 36.4 Å². The fourth-order valence-corrected chi connectivity index (χ4v) is 1.99. The topological polar surface area (TPSA) is 68.2 Å². The molecule has 0 saturated heterocycles. The van der Waals surface area contributed by atoms with Gasteiger partial charge in [-0.2, -0.15) is 9.61 Å². The molecule has 0 atom stereocenters. The zero-order chi connectivity index (χ0) is 13.4. The van der Waals surface area contributed by atoms with Crippen molar-refractivity contribution in [3.8, 4) is 11.3 Å². The Hall–Kier alpha value is -2.47. The first-order chi connectivity index (χ1) is 9.17. The maximum Gasteiger partial charge on any atom is 0.158 e. The molecule has 0 unspecified atom stereocenters. The predicted octanol–water partition coefficient (Wildman–Crippen LogP) is 2.13. The number of benzene rings is 1. The number of nitrogens with one attached hydrogen (secondary N) is 1. The molecule has 0 bridgehead atoms. The van der Waals surface area contributed by atoms with Crippen molar-refractivity contribution < 1.29 is 4.39 Å². The Bertz CT molecular complexity index is 750. The molecule has 0 radical (unpaired) electrons. The van der Waals surface area contributed by atoms with Crippen LogP contribution < -0.4 is 11.3 Å². The number of rotatable bonds is 2. The molecule has 19 heavy (non-hydrogen) atoms. The van der Waals surface area contributed by atoms with Gasteiger partial charge in [0, 0.05) is 23.4 Å². The monoisotopic (exact) mass is 257 g/mol. The number of nitrogens with zero attached hydrogens (tertiary/aromatic N) is 3. The average molecular weight is 257 g/mol. The highest BCUT2D eigenvalue weighted by Gasteiger charge is 2.09. The normalized spacial score (nSPS) is 10.9. The standard InChI is InChI=1S/C13H12FN5/c1-8-5-13(17-15)19-12(16-8)7-11(18-19)9-3-2-4-10(14)6-9/h2-7,17H,15H2,1H3. The predicted molar refractivity (Wildman–Crippen MR) is 70.9 cm³/mol. The van der Waals surface area contributed by atoms with Crippen molar-refractivity contribution in [3.05, 3.63) is 47.9 Å². The lowest BCUT2D eigenvalue weighted by atomic mass is 10.1. The lowest BCUT2D eigenvalue weighted by Gasteiger charge is -2.03. The van der Waals surface area contributed by atoms with Gasteiger partial charge in [-0.3, -0.25) is 0 Å². The van der Waals surface area contributed by atoms with Gasteiger partial charge in [-0.05, 0) is 19.1 Å². The van der Waals surface area contributed by atoms with Crippen LogP contribution in [0.1, 0.15) is 5.69 Å². The van der Waals surface area contributed by atoms with Crippen molar-refractivity contribution in [2.75, 3.05) is 5.43 Å². The third-order valence-corrected chi connectivity index (χ3v) is 2.82. The summed E-state index contributed by atoms with van der Waals surface area (Å²) in [7, 11) is 0. The second kappa shape index (κ2) is 4.33. The minimum atomic E-state index is -0.295. The van der Waals surface area contributed by atoms with Crippen molar-refractivity contribution >= 4 is 11.5 Å². The van der Waals surface area contributed by atoms with Crippen molar-refractivity contribution in [2.24, 2.45) is 5.84 Å². The van der Waals surface area contributed by atoms with E-state index in [0.29, 0.717) is 22.7 Å². The molecule has 0 aliphatic heterocycles. The Labute approximate surface area is 108 Å². The zero-order valence-corrected chi connectivity index (χ0v) is 10.3. The summed E-state index contributed by atoms with van der Waals surface area (Å²) in [6.07, 6.45) is 0. The first-order valence-electron chi connectivity index (χ1n) is 5.77. The van der Waals surface area contributed by atoms with E-state index in [1.807, 2.05) is 6.92 Å². The highest BCUT2D eigenvalue weighted by Crippen LogP contribution is 2.22. The van der Waals surface area contributed by atoms with E-state index in [2.05, 4.69) is 15.5 Å². The molecular weight excluding hydrogens is 245 g/mol. The van der Waals surface area contributed by atoms with Crippen LogP contribution in [0.4, 0.5) is 10.2 Å². The molecule has 6 heteroatoms. The molecule has 0 fully saturated rings. The summed E-state index contributed by atoms with van der Waals surface area (Å²) in [5.74, 6) is 5.79. The Balaban J connectivity index is 2.21. The molecular formula is C13H12FN5. The molecule has 2 heterocycles. The van der Waals surface area contributed by atoms with Crippen LogP contribution in [0, 0.1) is 12.7 Å². The summed E-state index contributed by atoms with van der Waals surface area (Å²) in [6.45, 7) is 1.87. The molecule has 3 N–H and O–H groups in total. The van der Waals surface area contributed by atoms with E-state index >= 15 is 0 Å². The largest absolute Gasteiger partial charge is 0.308 e. The molecule has 5 nitrogen and oxygen atoms in total. The van der Waals surface area contributed by atoms with E-state index in [-0.39, 0.29) is 5.82 Å². The number of fused-ring (bicyclic) bond motifs is 1. The number of nitrogen functional groups attached to an aromatic ring is 1. The van der Waals surface area contributed by atoms with Gasteiger partial charge < -0.3 is 5.43 Å². The van der Waals surface area contributed by atoms with Gasteiger partial charge in [0.2, 0.25) is 0 Å². The van der Waals surface area contributed by atoms with Crippen LogP contribution in [0.3, 0.4) is 0 Å². The Morgan fingerprint density at radius 1 is 1.26 bits per heavy atom. The second-order valence-electron chi connectivity index (χ2n) is 4.24. The smallest absolute Gasteiger partial charge is 0.158 e. The molecule has 0 aliphatic rings. The Morgan fingerprint density at radius 3 is 2.84 bits per heavy atom. The van der Waals surface area contributed by atoms with Gasteiger partial charge in [0.15, 0.2) is 5.65 Å². The van der Waals surface area contributed by atoms with E-state index in [1.165, 1.54) is 12.1 Å². The quantitative estimate of drug-likeness (QED) is 0.545. The van der Waals surface area contributed by atoms with Crippen molar-refractivity contribution in [1.29, 1.82) is 0 Å². The number of hydrazine groups is 1. The van der Waals surface area contributed by atoms with E-state index in [4.69, 9.17) is 5.84 Å². The molecule has 1 aromatic carbocycles. The van der Waals surface area contributed by atoms with Gasteiger partial charge in [0.1, 0.15) is 11.6 Å². The summed E-state index contributed by atoms with van der Waals surface area (Å²) < 4.78 is 14.8. The fraction of sp³-hybridized carbons (Fsp3) is 0.0769. The minimum absolute atomic E-state index is 0.295. The summed E-state index contributed by atoms with van der Waals surface area (Å²) >= 11 is 0. The number of hydrogen-bond acceptors (Lipinski definition) is 4. The molecule has 3 aromatic rings. The van der Waals surface area contributed by atoms with Gasteiger partial charge in [-0.15, -0.1) is 0 Å². The maximum atomic E-state index is 13.2. The third kappa shape index (κ3) is 2.02. The molecule has 96 valence electrons. The summed E-state index contributed by atoms with van der Waals surface area (Å²) in [4.78, 5) is 4.36. The molecule has 3 rings (SSSR count). The lowest BCUT2D eigenvalue weighted by molar-refractivity contribution is 0.628. The third-order valence-electron chi connectivity index (χ3n) is 2.82. The summed E-state index contributed by atoms with van der Waals surface area (Å²) in [5.41, 5.74) is 5.41. The summed E-state index contributed by atoms with van der Waals surface area (Å²) in [6, 6.07) is 9.86. The molecule has 0 spiro atoms. The molecule has 2 aromatic heterocycles. The van der Waals surface area contributed by atoms with Crippen LogP contribution in [-0.4, -0.2) is 14.6 Å². The molecule has 0 amide bonds. The number of aromatic nitrogens is 3. The van der Waals surface area contributed by atoms with Crippen LogP contribution >= 0.6 is 0 Å².